The molecule has 0 atom stereocenters. The fraction of sp³-hybridized carbons (Fsp3) is 0.333. The zero-order valence-electron chi connectivity index (χ0n) is 15.0. The summed E-state index contributed by atoms with van der Waals surface area (Å²) in [5.41, 5.74) is 4.86. The van der Waals surface area contributed by atoms with Gasteiger partial charge in [-0.15, -0.1) is 0 Å². The largest absolute Gasteiger partial charge is 0.378 e. The molecule has 0 saturated carbocycles. The van der Waals surface area contributed by atoms with E-state index in [0.29, 0.717) is 18.7 Å². The Labute approximate surface area is 153 Å². The lowest BCUT2D eigenvalue weighted by atomic mass is 10.1. The fourth-order valence-electron chi connectivity index (χ4n) is 3.26. The summed E-state index contributed by atoms with van der Waals surface area (Å²) in [6, 6.07) is 17.0. The average Bonchev–Trinajstić information content (AvgIpc) is 3.10. The van der Waals surface area contributed by atoms with Crippen molar-refractivity contribution in [3.8, 4) is 0 Å². The zero-order valence-corrected chi connectivity index (χ0v) is 15.0. The number of morpholine rings is 1. The lowest BCUT2D eigenvalue weighted by Crippen LogP contribution is -2.36. The molecule has 0 N–H and O–H groups in total. The van der Waals surface area contributed by atoms with Crippen molar-refractivity contribution in [2.45, 2.75) is 19.8 Å². The van der Waals surface area contributed by atoms with Crippen molar-refractivity contribution in [3.63, 3.8) is 0 Å². The van der Waals surface area contributed by atoms with Gasteiger partial charge >= 0.3 is 0 Å². The molecule has 3 aromatic rings. The summed E-state index contributed by atoms with van der Waals surface area (Å²) < 4.78 is 10.8. The Bertz CT molecular complexity index is 852. The second-order valence-electron chi connectivity index (χ2n) is 6.71. The second kappa shape index (κ2) is 7.70. The topological polar surface area (TPSA) is 51.4 Å². The Morgan fingerprint density at radius 1 is 0.962 bits per heavy atom. The summed E-state index contributed by atoms with van der Waals surface area (Å²) in [7, 11) is 0. The maximum absolute atomic E-state index is 5.43. The maximum atomic E-state index is 5.43. The van der Waals surface area contributed by atoms with Gasteiger partial charge in [0.15, 0.2) is 5.82 Å². The summed E-state index contributed by atoms with van der Waals surface area (Å²) in [5.74, 6) is 1.39. The predicted octanol–water partition coefficient (Wildman–Crippen LogP) is 3.40. The van der Waals surface area contributed by atoms with Crippen LogP contribution in [0, 0.1) is 6.92 Å². The maximum Gasteiger partial charge on any atom is 0.231 e. The minimum absolute atomic E-state index is 0.657. The molecule has 0 aliphatic carbocycles. The van der Waals surface area contributed by atoms with Crippen LogP contribution in [-0.4, -0.2) is 36.4 Å². The molecule has 2 aromatic carbocycles. The summed E-state index contributed by atoms with van der Waals surface area (Å²) in [5, 5.41) is 4.12. The van der Waals surface area contributed by atoms with Crippen molar-refractivity contribution in [1.82, 2.24) is 10.1 Å². The van der Waals surface area contributed by atoms with Gasteiger partial charge in [-0.05, 0) is 30.2 Å². The average molecular weight is 349 g/mol. The van der Waals surface area contributed by atoms with Crippen molar-refractivity contribution in [2.24, 2.45) is 0 Å². The number of benzene rings is 2. The van der Waals surface area contributed by atoms with Gasteiger partial charge in [0.25, 0.3) is 0 Å². The van der Waals surface area contributed by atoms with Gasteiger partial charge in [-0.1, -0.05) is 47.1 Å². The lowest BCUT2D eigenvalue weighted by molar-refractivity contribution is 0.122. The van der Waals surface area contributed by atoms with E-state index in [-0.39, 0.29) is 0 Å². The number of ether oxygens (including phenoxy) is 1. The van der Waals surface area contributed by atoms with Crippen LogP contribution in [0.1, 0.15) is 28.4 Å². The summed E-state index contributed by atoms with van der Waals surface area (Å²) >= 11 is 0. The van der Waals surface area contributed by atoms with E-state index < -0.39 is 0 Å². The Hall–Kier alpha value is -2.66. The first-order chi connectivity index (χ1) is 12.8. The molecule has 134 valence electrons. The third kappa shape index (κ3) is 4.11. The van der Waals surface area contributed by atoms with Crippen LogP contribution in [0.5, 0.6) is 0 Å². The van der Waals surface area contributed by atoms with E-state index in [1.54, 1.807) is 0 Å². The monoisotopic (exact) mass is 349 g/mol. The predicted molar refractivity (Wildman–Crippen MR) is 101 cm³/mol. The molecule has 0 unspecified atom stereocenters. The molecule has 1 aromatic heterocycles. The Balaban J connectivity index is 1.39. The Kier molecular flexibility index (Phi) is 4.97. The number of hydrogen-bond acceptors (Lipinski definition) is 5. The van der Waals surface area contributed by atoms with Crippen LogP contribution < -0.4 is 4.90 Å². The first-order valence-corrected chi connectivity index (χ1v) is 9.05. The molecule has 0 amide bonds. The van der Waals surface area contributed by atoms with Gasteiger partial charge < -0.3 is 14.2 Å². The molecular formula is C21H23N3O2. The highest BCUT2D eigenvalue weighted by atomic mass is 16.5. The quantitative estimate of drug-likeness (QED) is 0.707. The van der Waals surface area contributed by atoms with E-state index in [0.717, 1.165) is 32.1 Å². The molecule has 5 nitrogen and oxygen atoms in total. The summed E-state index contributed by atoms with van der Waals surface area (Å²) in [6.07, 6.45) is 1.35. The molecule has 0 spiro atoms. The van der Waals surface area contributed by atoms with E-state index in [1.807, 2.05) is 0 Å². The number of hydrogen-bond donors (Lipinski definition) is 0. The lowest BCUT2D eigenvalue weighted by Gasteiger charge is -2.28. The van der Waals surface area contributed by atoms with Crippen LogP contribution in [0.25, 0.3) is 0 Å². The number of aromatic nitrogens is 2. The normalized spacial score (nSPS) is 14.6. The van der Waals surface area contributed by atoms with Gasteiger partial charge in [0.05, 0.1) is 19.6 Å². The van der Waals surface area contributed by atoms with E-state index in [9.17, 15) is 0 Å². The van der Waals surface area contributed by atoms with Crippen molar-refractivity contribution in [1.29, 1.82) is 0 Å². The third-order valence-electron chi connectivity index (χ3n) is 4.62. The molecule has 0 radical (unpaired) electrons. The molecule has 4 rings (SSSR count). The number of rotatable bonds is 5. The zero-order chi connectivity index (χ0) is 17.8. The van der Waals surface area contributed by atoms with Gasteiger partial charge in [-0.3, -0.25) is 0 Å². The third-order valence-corrected chi connectivity index (χ3v) is 4.62. The minimum atomic E-state index is 0.657. The molecule has 26 heavy (non-hydrogen) atoms. The van der Waals surface area contributed by atoms with Crippen molar-refractivity contribution >= 4 is 5.69 Å². The van der Waals surface area contributed by atoms with Crippen LogP contribution in [-0.2, 0) is 17.6 Å². The first kappa shape index (κ1) is 16.8. The standard InChI is InChI=1S/C21H23N3O2/c1-16-3-2-4-18(13-16)14-20-22-21(26-23-20)15-17-5-7-19(8-6-17)24-9-11-25-12-10-24/h2-8,13H,9-12,14-15H2,1H3. The molecule has 2 heterocycles. The van der Waals surface area contributed by atoms with Gasteiger partial charge in [0.2, 0.25) is 5.89 Å². The van der Waals surface area contributed by atoms with Crippen LogP contribution in [0.3, 0.4) is 0 Å². The summed E-state index contributed by atoms with van der Waals surface area (Å²) in [4.78, 5) is 6.89. The van der Waals surface area contributed by atoms with E-state index in [4.69, 9.17) is 9.26 Å². The van der Waals surface area contributed by atoms with Gasteiger partial charge in [0.1, 0.15) is 0 Å². The highest BCUT2D eigenvalue weighted by Gasteiger charge is 2.12. The van der Waals surface area contributed by atoms with Gasteiger partial charge in [-0.2, -0.15) is 4.98 Å². The molecule has 1 aliphatic rings. The van der Waals surface area contributed by atoms with Gasteiger partial charge in [-0.25, -0.2) is 0 Å². The smallest absolute Gasteiger partial charge is 0.231 e. The first-order valence-electron chi connectivity index (χ1n) is 9.05. The van der Waals surface area contributed by atoms with Crippen molar-refractivity contribution in [3.05, 3.63) is 76.9 Å². The molecule has 0 bridgehead atoms. The SMILES string of the molecule is Cc1cccc(Cc2noc(Cc3ccc(N4CCOCC4)cc3)n2)c1. The molecule has 1 fully saturated rings. The number of aryl methyl sites for hydroxylation is 1. The van der Waals surface area contributed by atoms with E-state index >= 15 is 0 Å². The molecular weight excluding hydrogens is 326 g/mol. The highest BCUT2D eigenvalue weighted by Crippen LogP contribution is 2.18. The highest BCUT2D eigenvalue weighted by molar-refractivity contribution is 5.48. The van der Waals surface area contributed by atoms with Crippen molar-refractivity contribution < 1.29 is 9.26 Å². The number of anilines is 1. The molecule has 1 aliphatic heterocycles. The van der Waals surface area contributed by atoms with Crippen LogP contribution >= 0.6 is 0 Å². The van der Waals surface area contributed by atoms with Crippen molar-refractivity contribution in [2.75, 3.05) is 31.2 Å². The van der Waals surface area contributed by atoms with Crippen LogP contribution in [0.15, 0.2) is 53.1 Å². The second-order valence-corrected chi connectivity index (χ2v) is 6.71. The minimum Gasteiger partial charge on any atom is -0.378 e. The Morgan fingerprint density at radius 2 is 1.77 bits per heavy atom. The van der Waals surface area contributed by atoms with E-state index in [2.05, 4.69) is 70.5 Å². The molecule has 1 saturated heterocycles. The molecule has 5 heteroatoms. The van der Waals surface area contributed by atoms with Crippen LogP contribution in [0.4, 0.5) is 5.69 Å². The van der Waals surface area contributed by atoms with E-state index in [1.165, 1.54) is 22.4 Å². The van der Waals surface area contributed by atoms with Gasteiger partial charge in [0, 0.05) is 25.2 Å². The van der Waals surface area contributed by atoms with Crippen LogP contribution in [0.2, 0.25) is 0 Å². The number of nitrogens with zero attached hydrogens (tertiary/aromatic N) is 3. The summed E-state index contributed by atoms with van der Waals surface area (Å²) in [6.45, 7) is 5.59. The Morgan fingerprint density at radius 3 is 2.54 bits per heavy atom. The fourth-order valence-corrected chi connectivity index (χ4v) is 3.26.